The Kier molecular flexibility index (Phi) is 6.02. The first-order valence-corrected chi connectivity index (χ1v) is 9.31. The fourth-order valence-electron chi connectivity index (χ4n) is 3.17. The maximum Gasteiger partial charge on any atom is 0.418 e. The summed E-state index contributed by atoms with van der Waals surface area (Å²) in [7, 11) is 0. The van der Waals surface area contributed by atoms with Gasteiger partial charge in [-0.05, 0) is 42.8 Å². The van der Waals surface area contributed by atoms with E-state index in [0.29, 0.717) is 32.2 Å². The zero-order chi connectivity index (χ0) is 21.2. The second-order valence-corrected chi connectivity index (χ2v) is 7.20. The van der Waals surface area contributed by atoms with Crippen LogP contribution in [0.2, 0.25) is 5.02 Å². The van der Waals surface area contributed by atoms with Gasteiger partial charge in [0.25, 0.3) is 0 Å². The molecule has 1 aliphatic rings. The predicted molar refractivity (Wildman–Crippen MR) is 105 cm³/mol. The molecular weight excluding hydrogens is 407 g/mol. The molecule has 0 spiro atoms. The van der Waals surface area contributed by atoms with E-state index in [-0.39, 0.29) is 5.02 Å². The summed E-state index contributed by atoms with van der Waals surface area (Å²) in [5.41, 5.74) is 0.537. The van der Waals surface area contributed by atoms with Gasteiger partial charge in [0.1, 0.15) is 0 Å². The lowest BCUT2D eigenvalue weighted by Gasteiger charge is -2.35. The van der Waals surface area contributed by atoms with Gasteiger partial charge in [-0.25, -0.2) is 0 Å². The molecule has 1 fully saturated rings. The van der Waals surface area contributed by atoms with Gasteiger partial charge in [0.2, 0.25) is 0 Å². The van der Waals surface area contributed by atoms with Crippen LogP contribution in [-0.2, 0) is 15.8 Å². The highest BCUT2D eigenvalue weighted by Crippen LogP contribution is 2.36. The van der Waals surface area contributed by atoms with E-state index in [9.17, 15) is 22.8 Å². The van der Waals surface area contributed by atoms with Crippen LogP contribution in [0.4, 0.5) is 24.5 Å². The fourth-order valence-corrected chi connectivity index (χ4v) is 3.34. The Morgan fingerprint density at radius 3 is 2.34 bits per heavy atom. The van der Waals surface area contributed by atoms with E-state index < -0.39 is 29.2 Å². The number of anilines is 2. The highest BCUT2D eigenvalue weighted by Gasteiger charge is 2.35. The molecule has 0 saturated carbocycles. The first-order chi connectivity index (χ1) is 13.6. The Bertz CT molecular complexity index is 925. The summed E-state index contributed by atoms with van der Waals surface area (Å²) in [5.74, 6) is -1.97. The Hall–Kier alpha value is -2.74. The Morgan fingerprint density at radius 1 is 1.03 bits per heavy atom. The van der Waals surface area contributed by atoms with Crippen molar-refractivity contribution in [2.24, 2.45) is 0 Å². The highest BCUT2D eigenvalue weighted by atomic mass is 35.5. The standard InChI is InChI=1S/C20H19ClF3N3O2/c1-13-3-2-4-15(11-13)26-7-9-27(10-8-26)19(29)18(28)25-17-6-5-14(21)12-16(17)20(22,23)24/h2-6,11-12H,7-10H2,1H3,(H,25,28). The number of aryl methyl sites for hydroxylation is 1. The molecule has 29 heavy (non-hydrogen) atoms. The number of alkyl halides is 3. The van der Waals surface area contributed by atoms with Crippen LogP contribution >= 0.6 is 11.6 Å². The number of nitrogens with one attached hydrogen (secondary N) is 1. The molecule has 0 aromatic heterocycles. The lowest BCUT2D eigenvalue weighted by atomic mass is 10.1. The van der Waals surface area contributed by atoms with E-state index in [2.05, 4.69) is 10.2 Å². The number of rotatable bonds is 2. The normalized spacial score (nSPS) is 14.7. The number of halogens is 4. The number of hydrogen-bond acceptors (Lipinski definition) is 3. The van der Waals surface area contributed by atoms with Crippen LogP contribution in [0.5, 0.6) is 0 Å². The molecular formula is C20H19ClF3N3O2. The van der Waals surface area contributed by atoms with Gasteiger partial charge in [0.15, 0.2) is 0 Å². The van der Waals surface area contributed by atoms with E-state index in [1.165, 1.54) is 11.0 Å². The summed E-state index contributed by atoms with van der Waals surface area (Å²) in [6.07, 6.45) is -4.71. The lowest BCUT2D eigenvalue weighted by molar-refractivity contribution is -0.143. The van der Waals surface area contributed by atoms with E-state index >= 15 is 0 Å². The zero-order valence-electron chi connectivity index (χ0n) is 15.6. The molecule has 2 amide bonds. The first kappa shape index (κ1) is 21.0. The quantitative estimate of drug-likeness (QED) is 0.741. The molecule has 0 radical (unpaired) electrons. The maximum absolute atomic E-state index is 13.2. The van der Waals surface area contributed by atoms with Crippen LogP contribution in [-0.4, -0.2) is 42.9 Å². The van der Waals surface area contributed by atoms with Gasteiger partial charge in [-0.2, -0.15) is 13.2 Å². The van der Waals surface area contributed by atoms with Crippen molar-refractivity contribution in [3.8, 4) is 0 Å². The topological polar surface area (TPSA) is 52.7 Å². The molecule has 9 heteroatoms. The molecule has 3 rings (SSSR count). The SMILES string of the molecule is Cc1cccc(N2CCN(C(=O)C(=O)Nc3ccc(Cl)cc3C(F)(F)F)CC2)c1. The zero-order valence-corrected chi connectivity index (χ0v) is 16.3. The van der Waals surface area contributed by atoms with Crippen molar-refractivity contribution >= 4 is 34.8 Å². The molecule has 154 valence electrons. The van der Waals surface area contributed by atoms with Gasteiger partial charge in [-0.1, -0.05) is 23.7 Å². The molecule has 0 bridgehead atoms. The molecule has 0 unspecified atom stereocenters. The summed E-state index contributed by atoms with van der Waals surface area (Å²) in [4.78, 5) is 28.1. The van der Waals surface area contributed by atoms with E-state index in [1.54, 1.807) is 0 Å². The van der Waals surface area contributed by atoms with Gasteiger partial charge in [-0.15, -0.1) is 0 Å². The average molecular weight is 426 g/mol. The Labute approximate surface area is 171 Å². The number of nitrogens with zero attached hydrogens (tertiary/aromatic N) is 2. The highest BCUT2D eigenvalue weighted by molar-refractivity contribution is 6.39. The largest absolute Gasteiger partial charge is 0.418 e. The second kappa shape index (κ2) is 8.32. The average Bonchev–Trinajstić information content (AvgIpc) is 2.68. The number of carbonyl (C=O) groups excluding carboxylic acids is 2. The third kappa shape index (κ3) is 5.00. The summed E-state index contributed by atoms with van der Waals surface area (Å²) in [6, 6.07) is 10.9. The van der Waals surface area contributed by atoms with Crippen molar-refractivity contribution < 1.29 is 22.8 Å². The molecule has 1 aliphatic heterocycles. The molecule has 1 saturated heterocycles. The molecule has 2 aromatic carbocycles. The number of amides is 2. The van der Waals surface area contributed by atoms with Crippen molar-refractivity contribution in [2.75, 3.05) is 36.4 Å². The summed E-state index contributed by atoms with van der Waals surface area (Å²) in [5, 5.41) is 1.95. The summed E-state index contributed by atoms with van der Waals surface area (Å²) in [6.45, 7) is 3.63. The predicted octanol–water partition coefficient (Wildman–Crippen LogP) is 3.95. The Morgan fingerprint density at radius 2 is 1.72 bits per heavy atom. The van der Waals surface area contributed by atoms with E-state index in [1.807, 2.05) is 31.2 Å². The van der Waals surface area contributed by atoms with Gasteiger partial charge >= 0.3 is 18.0 Å². The minimum absolute atomic E-state index is 0.117. The van der Waals surface area contributed by atoms with Crippen molar-refractivity contribution in [2.45, 2.75) is 13.1 Å². The number of hydrogen-bond donors (Lipinski definition) is 1. The van der Waals surface area contributed by atoms with Crippen molar-refractivity contribution in [3.63, 3.8) is 0 Å². The molecule has 2 aromatic rings. The molecule has 0 aliphatic carbocycles. The smallest absolute Gasteiger partial charge is 0.368 e. The van der Waals surface area contributed by atoms with Crippen LogP contribution in [0.25, 0.3) is 0 Å². The van der Waals surface area contributed by atoms with Crippen molar-refractivity contribution in [1.29, 1.82) is 0 Å². The van der Waals surface area contributed by atoms with Crippen molar-refractivity contribution in [3.05, 3.63) is 58.6 Å². The second-order valence-electron chi connectivity index (χ2n) is 6.76. The van der Waals surface area contributed by atoms with E-state index in [4.69, 9.17) is 11.6 Å². The van der Waals surface area contributed by atoms with Gasteiger partial charge in [0, 0.05) is 36.9 Å². The third-order valence-corrected chi connectivity index (χ3v) is 4.90. The van der Waals surface area contributed by atoms with Crippen LogP contribution < -0.4 is 10.2 Å². The monoisotopic (exact) mass is 425 g/mol. The van der Waals surface area contributed by atoms with E-state index in [0.717, 1.165) is 17.3 Å². The van der Waals surface area contributed by atoms with Crippen LogP contribution in [0.15, 0.2) is 42.5 Å². The minimum Gasteiger partial charge on any atom is -0.368 e. The van der Waals surface area contributed by atoms with Crippen LogP contribution in [0.1, 0.15) is 11.1 Å². The third-order valence-electron chi connectivity index (χ3n) is 4.66. The van der Waals surface area contributed by atoms with Crippen LogP contribution in [0, 0.1) is 6.92 Å². The Balaban J connectivity index is 1.64. The van der Waals surface area contributed by atoms with Gasteiger partial charge in [-0.3, -0.25) is 9.59 Å². The van der Waals surface area contributed by atoms with Gasteiger partial charge in [0.05, 0.1) is 11.3 Å². The summed E-state index contributed by atoms with van der Waals surface area (Å²) >= 11 is 5.63. The molecule has 5 nitrogen and oxygen atoms in total. The number of benzene rings is 2. The number of piperazine rings is 1. The lowest BCUT2D eigenvalue weighted by Crippen LogP contribution is -2.51. The number of carbonyl (C=O) groups is 2. The van der Waals surface area contributed by atoms with Gasteiger partial charge < -0.3 is 15.1 Å². The maximum atomic E-state index is 13.2. The molecule has 0 atom stereocenters. The van der Waals surface area contributed by atoms with Crippen molar-refractivity contribution in [1.82, 2.24) is 4.90 Å². The minimum atomic E-state index is -4.71. The van der Waals surface area contributed by atoms with Crippen LogP contribution in [0.3, 0.4) is 0 Å². The first-order valence-electron chi connectivity index (χ1n) is 8.94. The summed E-state index contributed by atoms with van der Waals surface area (Å²) < 4.78 is 39.5. The fraction of sp³-hybridized carbons (Fsp3) is 0.300. The molecule has 1 heterocycles. The molecule has 1 N–H and O–H groups in total.